The number of ether oxygens (including phenoxy) is 1. The molecule has 2 fully saturated rings. The number of aliphatic hydroxyl groups is 1. The number of aryl methyl sites for hydroxylation is 2. The zero-order chi connectivity index (χ0) is 56.4. The number of aromatic nitrogens is 7. The molecule has 2 aliphatic heterocycles. The van der Waals surface area contributed by atoms with E-state index in [0.29, 0.717) is 85.6 Å². The number of carbonyl (C=O) groups is 5. The highest BCUT2D eigenvalue weighted by molar-refractivity contribution is 7.13. The number of pyridine rings is 1. The number of anilines is 5. The SMILES string of the molecule is CNC(=O)c1nnc(Nc2ccc(N3CCN(C(=O)CCCCCCC(=O)N[C@H](C(=O)N4C[C@H](O)C[C@H]4C(=O)N[C@@H](C)c4ccc(-c5scnc5C)cc4)C(C)(C)C)CC3)cn2)cc1Nc1cccc(-c2ncn(C)n2)c1OC. The number of para-hydroxylation sites is 1. The molecule has 418 valence electrons. The van der Waals surface area contributed by atoms with Gasteiger partial charge in [-0.2, -0.15) is 5.10 Å². The Morgan fingerprint density at radius 1 is 0.861 bits per heavy atom. The zero-order valence-corrected chi connectivity index (χ0v) is 46.9. The maximum atomic E-state index is 14.2. The molecule has 0 bridgehead atoms. The summed E-state index contributed by atoms with van der Waals surface area (Å²) in [6, 6.07) is 16.7. The third kappa shape index (κ3) is 14.2. The number of piperazine rings is 1. The lowest BCUT2D eigenvalue weighted by molar-refractivity contribution is -0.144. The van der Waals surface area contributed by atoms with E-state index in [0.717, 1.165) is 40.2 Å². The maximum absolute atomic E-state index is 14.2. The molecule has 2 aliphatic rings. The van der Waals surface area contributed by atoms with Crippen molar-refractivity contribution in [2.24, 2.45) is 12.5 Å². The lowest BCUT2D eigenvalue weighted by Gasteiger charge is -2.36. The second kappa shape index (κ2) is 25.6. The number of nitrogens with one attached hydrogen (secondary N) is 5. The predicted molar refractivity (Wildman–Crippen MR) is 302 cm³/mol. The normalized spacial score (nSPS) is 16.2. The van der Waals surface area contributed by atoms with E-state index < -0.39 is 35.4 Å². The van der Waals surface area contributed by atoms with Crippen LogP contribution in [0.25, 0.3) is 21.8 Å². The largest absolute Gasteiger partial charge is 0.494 e. The molecule has 4 atom stereocenters. The number of likely N-dealkylation sites (tertiary alicyclic amines) is 1. The van der Waals surface area contributed by atoms with Crippen LogP contribution < -0.4 is 36.2 Å². The average molecular weight is 1100 g/mol. The van der Waals surface area contributed by atoms with E-state index >= 15 is 0 Å². The van der Waals surface area contributed by atoms with E-state index in [4.69, 9.17) is 4.74 Å². The third-order valence-electron chi connectivity index (χ3n) is 14.2. The van der Waals surface area contributed by atoms with E-state index in [1.807, 2.05) is 99.6 Å². The highest BCUT2D eigenvalue weighted by Crippen LogP contribution is 2.38. The van der Waals surface area contributed by atoms with Gasteiger partial charge in [-0.15, -0.1) is 21.5 Å². The van der Waals surface area contributed by atoms with E-state index in [1.54, 1.807) is 48.8 Å². The summed E-state index contributed by atoms with van der Waals surface area (Å²) >= 11 is 1.57. The van der Waals surface area contributed by atoms with Crippen molar-refractivity contribution in [2.45, 2.75) is 104 Å². The first-order valence-corrected chi connectivity index (χ1v) is 27.5. The molecule has 2 saturated heterocycles. The van der Waals surface area contributed by atoms with Crippen molar-refractivity contribution in [3.05, 3.63) is 95.6 Å². The van der Waals surface area contributed by atoms with E-state index in [2.05, 4.69) is 61.7 Å². The van der Waals surface area contributed by atoms with Crippen LogP contribution in [-0.4, -0.2) is 144 Å². The second-order valence-electron chi connectivity index (χ2n) is 21.0. The Hall–Kier alpha value is -8.05. The van der Waals surface area contributed by atoms with Gasteiger partial charge in [0.1, 0.15) is 24.2 Å². The van der Waals surface area contributed by atoms with Crippen LogP contribution in [0.5, 0.6) is 5.75 Å². The van der Waals surface area contributed by atoms with E-state index in [-0.39, 0.29) is 48.8 Å². The summed E-state index contributed by atoms with van der Waals surface area (Å²) in [6.45, 7) is 11.9. The minimum Gasteiger partial charge on any atom is -0.494 e. The number of rotatable bonds is 21. The number of methoxy groups -OCH3 is 1. The van der Waals surface area contributed by atoms with Gasteiger partial charge in [0.2, 0.25) is 23.6 Å². The fourth-order valence-corrected chi connectivity index (χ4v) is 10.6. The second-order valence-corrected chi connectivity index (χ2v) is 21.9. The van der Waals surface area contributed by atoms with Gasteiger partial charge in [-0.05, 0) is 67.5 Å². The van der Waals surface area contributed by atoms with Gasteiger partial charge in [-0.3, -0.25) is 28.7 Å². The smallest absolute Gasteiger partial charge is 0.273 e. The van der Waals surface area contributed by atoms with Crippen LogP contribution in [0.3, 0.4) is 0 Å². The summed E-state index contributed by atoms with van der Waals surface area (Å²) in [6.07, 6.45) is 6.02. The van der Waals surface area contributed by atoms with Crippen LogP contribution in [0, 0.1) is 12.3 Å². The fraction of sp³-hybridized carbons (Fsp3) is 0.446. The van der Waals surface area contributed by atoms with Crippen molar-refractivity contribution < 1.29 is 33.8 Å². The molecule has 79 heavy (non-hydrogen) atoms. The topological polar surface area (TPSA) is 267 Å². The Morgan fingerprint density at radius 2 is 1.61 bits per heavy atom. The first kappa shape index (κ1) is 57.1. The molecule has 5 amide bonds. The molecule has 0 spiro atoms. The summed E-state index contributed by atoms with van der Waals surface area (Å²) < 4.78 is 7.37. The van der Waals surface area contributed by atoms with Gasteiger partial charge in [-0.25, -0.2) is 15.0 Å². The minimum atomic E-state index is -0.912. The number of aliphatic hydroxyl groups excluding tert-OH is 1. The first-order valence-electron chi connectivity index (χ1n) is 26.6. The van der Waals surface area contributed by atoms with Gasteiger partial charge < -0.3 is 51.1 Å². The molecule has 0 aliphatic carbocycles. The number of benzene rings is 2. The monoisotopic (exact) mass is 1100 g/mol. The molecular formula is C56H71N15O7S. The van der Waals surface area contributed by atoms with Crippen LogP contribution >= 0.6 is 11.3 Å². The molecule has 0 unspecified atom stereocenters. The molecule has 6 aromatic rings. The number of thiazole rings is 1. The summed E-state index contributed by atoms with van der Waals surface area (Å²) in [4.78, 5) is 87.2. The number of hydrogen-bond acceptors (Lipinski definition) is 17. The van der Waals surface area contributed by atoms with Gasteiger partial charge in [0.25, 0.3) is 5.91 Å². The quantitative estimate of drug-likeness (QED) is 0.0431. The van der Waals surface area contributed by atoms with Gasteiger partial charge in [0.15, 0.2) is 23.1 Å². The van der Waals surface area contributed by atoms with Crippen LogP contribution in [0.4, 0.5) is 28.7 Å². The molecule has 4 aromatic heterocycles. The van der Waals surface area contributed by atoms with Crippen LogP contribution in [0.2, 0.25) is 0 Å². The Bertz CT molecular complexity index is 3100. The highest BCUT2D eigenvalue weighted by atomic mass is 32.1. The molecular weight excluding hydrogens is 1030 g/mol. The Kier molecular flexibility index (Phi) is 18.5. The Morgan fingerprint density at radius 3 is 2.25 bits per heavy atom. The average Bonchev–Trinajstić information content (AvgIpc) is 4.28. The van der Waals surface area contributed by atoms with Gasteiger partial charge in [0.05, 0.1) is 64.2 Å². The molecule has 0 radical (unpaired) electrons. The molecule has 22 nitrogen and oxygen atoms in total. The number of carbonyl (C=O) groups excluding carboxylic acids is 5. The lowest BCUT2D eigenvalue weighted by Crippen LogP contribution is -2.57. The Labute approximate surface area is 464 Å². The van der Waals surface area contributed by atoms with Crippen molar-refractivity contribution in [1.29, 1.82) is 0 Å². The molecule has 23 heteroatoms. The van der Waals surface area contributed by atoms with Gasteiger partial charge >= 0.3 is 0 Å². The summed E-state index contributed by atoms with van der Waals surface area (Å²) in [5.41, 5.74) is 6.63. The van der Waals surface area contributed by atoms with Crippen molar-refractivity contribution >= 4 is 69.6 Å². The molecule has 6 N–H and O–H groups in total. The number of hydrogen-bond donors (Lipinski definition) is 6. The molecule has 0 saturated carbocycles. The van der Waals surface area contributed by atoms with E-state index in [1.165, 1.54) is 11.9 Å². The van der Waals surface area contributed by atoms with Crippen LogP contribution in [0.15, 0.2) is 78.7 Å². The van der Waals surface area contributed by atoms with Crippen LogP contribution in [-0.2, 0) is 26.2 Å². The Balaban J connectivity index is 0.754. The van der Waals surface area contributed by atoms with Crippen molar-refractivity contribution in [3.8, 4) is 27.6 Å². The number of β-amino-alcohol motifs (C(OH)–C–C–N with tert-alkyl or cyclic N) is 1. The van der Waals surface area contributed by atoms with Crippen molar-refractivity contribution in [2.75, 3.05) is 62.4 Å². The first-order chi connectivity index (χ1) is 37.9. The number of unbranched alkanes of at least 4 members (excludes halogenated alkanes) is 3. The standard InChI is InChI=1S/C56H71N15O7S/c1-34(36-18-20-37(21-19-36)50-35(2)60-33-79-50)61-53(75)43-28-39(72)31-71(43)55(77)51(56(3,4)5)64-46(73)16-11-9-10-12-17-47(74)70-26-24-69(25-27-70)38-22-23-44(58-30-38)63-45-29-42(48(66-65-45)54(76)57-6)62-41-15-13-14-40(49(41)78-8)52-59-32-68(7)67-52/h13-15,18-23,29-30,32-34,39,43,51,72H,9-12,16-17,24-28,31H2,1-8H3,(H,57,76)(H,61,75)(H,64,73)(H2,58,62,63,65)/t34-,39+,43-,51+/m0/s1. The maximum Gasteiger partial charge on any atom is 0.273 e. The van der Waals surface area contributed by atoms with Crippen molar-refractivity contribution in [3.63, 3.8) is 0 Å². The summed E-state index contributed by atoms with van der Waals surface area (Å²) in [7, 11) is 4.85. The lowest BCUT2D eigenvalue weighted by atomic mass is 9.85. The predicted octanol–water partition coefficient (Wildman–Crippen LogP) is 6.31. The van der Waals surface area contributed by atoms with E-state index in [9.17, 15) is 29.1 Å². The zero-order valence-electron chi connectivity index (χ0n) is 46.1. The van der Waals surface area contributed by atoms with Crippen molar-refractivity contribution in [1.82, 2.24) is 60.7 Å². The van der Waals surface area contributed by atoms with Gasteiger partial charge in [0, 0.05) is 72.1 Å². The van der Waals surface area contributed by atoms with Gasteiger partial charge in [-0.1, -0.05) is 63.9 Å². The molecule has 2 aromatic carbocycles. The summed E-state index contributed by atoms with van der Waals surface area (Å²) in [5, 5.41) is 38.6. The molecule has 6 heterocycles. The number of nitrogens with zero attached hydrogens (tertiary/aromatic N) is 10. The number of amides is 5. The highest BCUT2D eigenvalue weighted by Gasteiger charge is 2.44. The fourth-order valence-electron chi connectivity index (χ4n) is 9.79. The summed E-state index contributed by atoms with van der Waals surface area (Å²) in [5.74, 6) is 0.458. The third-order valence-corrected chi connectivity index (χ3v) is 15.1. The minimum absolute atomic E-state index is 0.00533. The van der Waals surface area contributed by atoms with Crippen LogP contribution in [0.1, 0.15) is 100 Å². The molecule has 8 rings (SSSR count).